The van der Waals surface area contributed by atoms with E-state index in [2.05, 4.69) is 33.0 Å². The molecule has 1 aromatic rings. The van der Waals surface area contributed by atoms with E-state index >= 15 is 0 Å². The van der Waals surface area contributed by atoms with Gasteiger partial charge in [0.2, 0.25) is 5.91 Å². The Morgan fingerprint density at radius 3 is 2.29 bits per heavy atom. The number of rotatable bonds is 3. The summed E-state index contributed by atoms with van der Waals surface area (Å²) >= 11 is 0. The lowest BCUT2D eigenvalue weighted by Crippen LogP contribution is -2.23. The quantitative estimate of drug-likeness (QED) is 0.789. The molecule has 0 aromatic heterocycles. The van der Waals surface area contributed by atoms with Crippen molar-refractivity contribution in [3.63, 3.8) is 0 Å². The van der Waals surface area contributed by atoms with Crippen LogP contribution in [0.3, 0.4) is 0 Å². The number of amides is 1. The molecule has 1 rings (SSSR count). The molecule has 3 heteroatoms. The Labute approximate surface area is 103 Å². The fraction of sp³-hybridized carbons (Fsp3) is 0.500. The van der Waals surface area contributed by atoms with E-state index in [1.54, 1.807) is 24.3 Å². The number of phenolic OH excluding ortho intramolecular Hbond substituents is 1. The van der Waals surface area contributed by atoms with Crippen molar-refractivity contribution in [1.29, 1.82) is 0 Å². The maximum Gasteiger partial charge on any atom is 0.224 e. The lowest BCUT2D eigenvalue weighted by molar-refractivity contribution is -0.117. The predicted octanol–water partition coefficient (Wildman–Crippen LogP) is 3.40. The molecule has 0 aliphatic rings. The largest absolute Gasteiger partial charge is 0.508 e. The number of carbonyl (C=O) groups excluding carboxylic acids is 1. The average Bonchev–Trinajstić information content (AvgIpc) is 2.20. The molecule has 1 aromatic carbocycles. The first-order chi connectivity index (χ1) is 7.79. The highest BCUT2D eigenvalue weighted by atomic mass is 16.3. The molecule has 94 valence electrons. The summed E-state index contributed by atoms with van der Waals surface area (Å²) < 4.78 is 0. The van der Waals surface area contributed by atoms with Gasteiger partial charge >= 0.3 is 0 Å². The van der Waals surface area contributed by atoms with E-state index in [-0.39, 0.29) is 17.1 Å². The van der Waals surface area contributed by atoms with Crippen LogP contribution in [0.5, 0.6) is 5.75 Å². The molecule has 17 heavy (non-hydrogen) atoms. The zero-order chi connectivity index (χ0) is 13.1. The molecular weight excluding hydrogens is 214 g/mol. The van der Waals surface area contributed by atoms with Crippen LogP contribution in [0.1, 0.15) is 34.1 Å². The smallest absolute Gasteiger partial charge is 0.224 e. The topological polar surface area (TPSA) is 49.3 Å². The summed E-state index contributed by atoms with van der Waals surface area (Å²) in [5, 5.41) is 12.0. The molecule has 0 aliphatic heterocycles. The minimum Gasteiger partial charge on any atom is -0.508 e. The Morgan fingerprint density at radius 2 is 1.82 bits per heavy atom. The highest BCUT2D eigenvalue weighted by molar-refractivity contribution is 5.90. The number of phenols is 1. The number of aromatic hydroxyl groups is 1. The lowest BCUT2D eigenvalue weighted by atomic mass is 9.80. The Morgan fingerprint density at radius 1 is 1.29 bits per heavy atom. The van der Waals surface area contributed by atoms with E-state index < -0.39 is 0 Å². The van der Waals surface area contributed by atoms with Crippen molar-refractivity contribution in [1.82, 2.24) is 0 Å². The van der Waals surface area contributed by atoms with Gasteiger partial charge in [0.25, 0.3) is 0 Å². The molecule has 1 unspecified atom stereocenters. The van der Waals surface area contributed by atoms with Crippen LogP contribution in [0.15, 0.2) is 24.3 Å². The maximum absolute atomic E-state index is 11.8. The lowest BCUT2D eigenvalue weighted by Gasteiger charge is -2.26. The van der Waals surface area contributed by atoms with Crippen LogP contribution < -0.4 is 5.32 Å². The van der Waals surface area contributed by atoms with Crippen LogP contribution in [0, 0.1) is 11.3 Å². The van der Waals surface area contributed by atoms with Crippen molar-refractivity contribution in [2.45, 2.75) is 34.1 Å². The standard InChI is InChI=1S/C14H21NO2/c1-10(14(2,3)4)9-13(17)15-11-5-7-12(16)8-6-11/h5-8,10,16H,9H2,1-4H3,(H,15,17). The summed E-state index contributed by atoms with van der Waals surface area (Å²) in [7, 11) is 0. The van der Waals surface area contributed by atoms with Crippen LogP contribution in [-0.2, 0) is 4.79 Å². The van der Waals surface area contributed by atoms with Crippen molar-refractivity contribution in [3.05, 3.63) is 24.3 Å². The number of hydrogen-bond acceptors (Lipinski definition) is 2. The minimum atomic E-state index is 0.0121. The van der Waals surface area contributed by atoms with Gasteiger partial charge in [-0.2, -0.15) is 0 Å². The van der Waals surface area contributed by atoms with Crippen molar-refractivity contribution in [2.24, 2.45) is 11.3 Å². The van der Waals surface area contributed by atoms with Crippen LogP contribution in [0.4, 0.5) is 5.69 Å². The zero-order valence-electron chi connectivity index (χ0n) is 10.9. The summed E-state index contributed by atoms with van der Waals surface area (Å²) in [5.74, 6) is 0.531. The first-order valence-electron chi connectivity index (χ1n) is 5.88. The molecule has 0 radical (unpaired) electrons. The summed E-state index contributed by atoms with van der Waals surface area (Å²) in [6.45, 7) is 8.47. The number of hydrogen-bond donors (Lipinski definition) is 2. The Balaban J connectivity index is 2.53. The van der Waals surface area contributed by atoms with Crippen molar-refractivity contribution < 1.29 is 9.90 Å². The molecular formula is C14H21NO2. The van der Waals surface area contributed by atoms with E-state index in [0.29, 0.717) is 18.0 Å². The molecule has 0 heterocycles. The van der Waals surface area contributed by atoms with Crippen molar-refractivity contribution in [3.8, 4) is 5.75 Å². The normalized spacial score (nSPS) is 13.2. The minimum absolute atomic E-state index is 0.0121. The van der Waals surface area contributed by atoms with Gasteiger partial charge in [0, 0.05) is 12.1 Å². The fourth-order valence-electron chi connectivity index (χ4n) is 1.34. The third-order valence-electron chi connectivity index (χ3n) is 3.12. The number of anilines is 1. The summed E-state index contributed by atoms with van der Waals surface area (Å²) in [6.07, 6.45) is 0.504. The molecule has 2 N–H and O–H groups in total. The monoisotopic (exact) mass is 235 g/mol. The molecule has 0 fully saturated rings. The van der Waals surface area contributed by atoms with Gasteiger partial charge in [0.15, 0.2) is 0 Å². The molecule has 3 nitrogen and oxygen atoms in total. The van der Waals surface area contributed by atoms with E-state index in [1.807, 2.05) is 0 Å². The van der Waals surface area contributed by atoms with E-state index in [0.717, 1.165) is 0 Å². The van der Waals surface area contributed by atoms with Gasteiger partial charge in [-0.25, -0.2) is 0 Å². The van der Waals surface area contributed by atoms with Gasteiger partial charge in [-0.3, -0.25) is 4.79 Å². The highest BCUT2D eigenvalue weighted by Crippen LogP contribution is 2.28. The van der Waals surface area contributed by atoms with E-state index in [4.69, 9.17) is 5.11 Å². The van der Waals surface area contributed by atoms with Crippen LogP contribution in [0.2, 0.25) is 0 Å². The first kappa shape index (κ1) is 13.6. The van der Waals surface area contributed by atoms with Crippen LogP contribution >= 0.6 is 0 Å². The summed E-state index contributed by atoms with van der Waals surface area (Å²) in [5.41, 5.74) is 0.848. The SMILES string of the molecule is CC(CC(=O)Nc1ccc(O)cc1)C(C)(C)C. The molecule has 0 aliphatic carbocycles. The third-order valence-corrected chi connectivity index (χ3v) is 3.12. The van der Waals surface area contributed by atoms with Crippen LogP contribution in [0.25, 0.3) is 0 Å². The Hall–Kier alpha value is -1.51. The second-order valence-corrected chi connectivity index (χ2v) is 5.57. The Kier molecular flexibility index (Phi) is 4.16. The first-order valence-corrected chi connectivity index (χ1v) is 5.88. The summed E-state index contributed by atoms with van der Waals surface area (Å²) in [6, 6.07) is 6.50. The van der Waals surface area contributed by atoms with Gasteiger partial charge in [-0.15, -0.1) is 0 Å². The van der Waals surface area contributed by atoms with Crippen molar-refractivity contribution >= 4 is 11.6 Å². The molecule has 0 saturated carbocycles. The second-order valence-electron chi connectivity index (χ2n) is 5.57. The van der Waals surface area contributed by atoms with E-state index in [9.17, 15) is 4.79 Å². The zero-order valence-corrected chi connectivity index (χ0v) is 10.9. The van der Waals surface area contributed by atoms with Crippen LogP contribution in [-0.4, -0.2) is 11.0 Å². The fourth-order valence-corrected chi connectivity index (χ4v) is 1.34. The number of carbonyl (C=O) groups is 1. The molecule has 0 bridgehead atoms. The molecule has 1 atom stereocenters. The summed E-state index contributed by atoms with van der Waals surface area (Å²) in [4.78, 5) is 11.8. The molecule has 1 amide bonds. The Bertz CT molecular complexity index is 376. The molecule has 0 spiro atoms. The molecule has 0 saturated heterocycles. The highest BCUT2D eigenvalue weighted by Gasteiger charge is 2.22. The maximum atomic E-state index is 11.8. The van der Waals surface area contributed by atoms with Gasteiger partial charge in [0.1, 0.15) is 5.75 Å². The predicted molar refractivity (Wildman–Crippen MR) is 70.0 cm³/mol. The van der Waals surface area contributed by atoms with Crippen molar-refractivity contribution in [2.75, 3.05) is 5.32 Å². The number of nitrogens with one attached hydrogen (secondary N) is 1. The number of benzene rings is 1. The van der Waals surface area contributed by atoms with Gasteiger partial charge < -0.3 is 10.4 Å². The second kappa shape index (κ2) is 5.21. The average molecular weight is 235 g/mol. The van der Waals surface area contributed by atoms with Gasteiger partial charge in [-0.1, -0.05) is 27.7 Å². The van der Waals surface area contributed by atoms with E-state index in [1.165, 1.54) is 0 Å². The van der Waals surface area contributed by atoms with Gasteiger partial charge in [0.05, 0.1) is 0 Å². The van der Waals surface area contributed by atoms with Gasteiger partial charge in [-0.05, 0) is 35.6 Å². The third kappa shape index (κ3) is 4.47.